The van der Waals surface area contributed by atoms with Gasteiger partial charge in [-0.3, -0.25) is 0 Å². The number of carbonyl (C=O) groups is 1. The predicted octanol–water partition coefficient (Wildman–Crippen LogP) is 0.911. The zero-order valence-corrected chi connectivity index (χ0v) is 5.89. The summed E-state index contributed by atoms with van der Waals surface area (Å²) in [6.07, 6.45) is -1.02. The van der Waals surface area contributed by atoms with Gasteiger partial charge in [0.1, 0.15) is 0 Å². The van der Waals surface area contributed by atoms with E-state index in [1.807, 2.05) is 0 Å². The maximum atomic E-state index is 9.96. The fourth-order valence-electron chi connectivity index (χ4n) is 0.495. The number of amides is 1. The van der Waals surface area contributed by atoms with Gasteiger partial charge in [0.15, 0.2) is 0 Å². The predicted molar refractivity (Wildman–Crippen MR) is 37.0 cm³/mol. The lowest BCUT2D eigenvalue weighted by Gasteiger charge is -1.93. The molecule has 1 aromatic heterocycles. The molecule has 4 nitrogen and oxygen atoms in total. The molecule has 0 radical (unpaired) electrons. The number of carboxylic acid groups (broad SMARTS) is 1. The largest absolute Gasteiger partial charge is 0.465 e. The minimum atomic E-state index is -1.02. The fourth-order valence-corrected chi connectivity index (χ4v) is 1.03. The molecule has 0 atom stereocenters. The molecule has 0 unspecified atom stereocenters. The number of hydrogen-bond acceptors (Lipinski definition) is 3. The van der Waals surface area contributed by atoms with Crippen molar-refractivity contribution in [3.8, 4) is 0 Å². The second-order valence-electron chi connectivity index (χ2n) is 1.65. The SMILES string of the molecule is O=C(O)NCc1ccsn1. The standard InChI is InChI=1S/C5H6N2O2S/c8-5(9)6-3-4-1-2-10-7-4/h1-2,6H,3H2,(H,8,9). The zero-order valence-electron chi connectivity index (χ0n) is 5.07. The lowest BCUT2D eigenvalue weighted by molar-refractivity contribution is 0.194. The molecular weight excluding hydrogens is 152 g/mol. The second-order valence-corrected chi connectivity index (χ2v) is 2.32. The number of nitrogens with one attached hydrogen (secondary N) is 1. The number of hydrogen-bond donors (Lipinski definition) is 2. The molecule has 1 aromatic rings. The average Bonchev–Trinajstić information content (AvgIpc) is 2.34. The molecule has 0 bridgehead atoms. The highest BCUT2D eigenvalue weighted by molar-refractivity contribution is 7.03. The highest BCUT2D eigenvalue weighted by atomic mass is 32.1. The summed E-state index contributed by atoms with van der Waals surface area (Å²) in [5.41, 5.74) is 0.757. The van der Waals surface area contributed by atoms with Crippen LogP contribution in [0.25, 0.3) is 0 Å². The van der Waals surface area contributed by atoms with Crippen molar-refractivity contribution in [2.24, 2.45) is 0 Å². The van der Waals surface area contributed by atoms with Gasteiger partial charge in [-0.2, -0.15) is 4.37 Å². The monoisotopic (exact) mass is 158 g/mol. The van der Waals surface area contributed by atoms with E-state index in [4.69, 9.17) is 5.11 Å². The Morgan fingerprint density at radius 2 is 2.70 bits per heavy atom. The van der Waals surface area contributed by atoms with Gasteiger partial charge < -0.3 is 10.4 Å². The summed E-state index contributed by atoms with van der Waals surface area (Å²) in [5, 5.41) is 12.2. The summed E-state index contributed by atoms with van der Waals surface area (Å²) >= 11 is 1.31. The molecule has 0 aliphatic heterocycles. The van der Waals surface area contributed by atoms with E-state index in [0.717, 1.165) is 5.69 Å². The molecule has 0 aromatic carbocycles. The summed E-state index contributed by atoms with van der Waals surface area (Å²) in [6.45, 7) is 0.291. The van der Waals surface area contributed by atoms with E-state index in [2.05, 4.69) is 9.69 Å². The fraction of sp³-hybridized carbons (Fsp3) is 0.200. The van der Waals surface area contributed by atoms with Gasteiger partial charge in [0.05, 0.1) is 12.2 Å². The van der Waals surface area contributed by atoms with Crippen molar-refractivity contribution in [1.82, 2.24) is 9.69 Å². The normalized spacial score (nSPS) is 9.20. The van der Waals surface area contributed by atoms with Crippen molar-refractivity contribution in [2.75, 3.05) is 0 Å². The van der Waals surface area contributed by atoms with E-state index in [-0.39, 0.29) is 0 Å². The van der Waals surface area contributed by atoms with Crippen LogP contribution in [0.4, 0.5) is 4.79 Å². The molecule has 10 heavy (non-hydrogen) atoms. The summed E-state index contributed by atoms with van der Waals surface area (Å²) < 4.78 is 3.90. The maximum absolute atomic E-state index is 9.96. The van der Waals surface area contributed by atoms with Gasteiger partial charge in [0.2, 0.25) is 0 Å². The second kappa shape index (κ2) is 3.17. The molecule has 0 aliphatic carbocycles. The van der Waals surface area contributed by atoms with Crippen LogP contribution in [0.5, 0.6) is 0 Å². The van der Waals surface area contributed by atoms with Gasteiger partial charge in [-0.15, -0.1) is 0 Å². The molecule has 0 saturated heterocycles. The Kier molecular flexibility index (Phi) is 2.22. The molecule has 54 valence electrons. The van der Waals surface area contributed by atoms with Gasteiger partial charge in [-0.05, 0) is 17.6 Å². The van der Waals surface area contributed by atoms with E-state index in [9.17, 15) is 4.79 Å². The van der Waals surface area contributed by atoms with Gasteiger partial charge in [-0.25, -0.2) is 4.79 Å². The molecular formula is C5H6N2O2S. The molecule has 0 saturated carbocycles. The first-order chi connectivity index (χ1) is 4.79. The third-order valence-corrected chi connectivity index (χ3v) is 1.51. The first-order valence-corrected chi connectivity index (χ1v) is 3.49. The van der Waals surface area contributed by atoms with Crippen LogP contribution in [-0.2, 0) is 6.54 Å². The van der Waals surface area contributed by atoms with Gasteiger partial charge in [0.25, 0.3) is 0 Å². The first kappa shape index (κ1) is 7.01. The van der Waals surface area contributed by atoms with Crippen LogP contribution in [0.15, 0.2) is 11.4 Å². The summed E-state index contributed by atoms with van der Waals surface area (Å²) in [6, 6.07) is 1.78. The molecule has 1 rings (SSSR count). The van der Waals surface area contributed by atoms with Crippen molar-refractivity contribution < 1.29 is 9.90 Å². The molecule has 2 N–H and O–H groups in total. The minimum absolute atomic E-state index is 0.291. The van der Waals surface area contributed by atoms with Crippen LogP contribution in [0.1, 0.15) is 5.69 Å². The van der Waals surface area contributed by atoms with Crippen molar-refractivity contribution in [3.05, 3.63) is 17.1 Å². The highest BCUT2D eigenvalue weighted by Crippen LogP contribution is 1.97. The van der Waals surface area contributed by atoms with E-state index in [1.165, 1.54) is 11.5 Å². The molecule has 0 spiro atoms. The van der Waals surface area contributed by atoms with Crippen LogP contribution in [0.2, 0.25) is 0 Å². The van der Waals surface area contributed by atoms with E-state index < -0.39 is 6.09 Å². The van der Waals surface area contributed by atoms with E-state index in [1.54, 1.807) is 11.4 Å². The smallest absolute Gasteiger partial charge is 0.404 e. The van der Waals surface area contributed by atoms with Crippen molar-refractivity contribution in [2.45, 2.75) is 6.54 Å². The molecule has 1 amide bonds. The van der Waals surface area contributed by atoms with Crippen molar-refractivity contribution in [1.29, 1.82) is 0 Å². The Hall–Kier alpha value is -1.10. The lowest BCUT2D eigenvalue weighted by Crippen LogP contribution is -2.19. The Labute approximate surface area is 61.7 Å². The van der Waals surface area contributed by atoms with Crippen LogP contribution in [0.3, 0.4) is 0 Å². The van der Waals surface area contributed by atoms with Crippen LogP contribution < -0.4 is 5.32 Å². The topological polar surface area (TPSA) is 62.2 Å². The maximum Gasteiger partial charge on any atom is 0.404 e. The van der Waals surface area contributed by atoms with Gasteiger partial charge in [0, 0.05) is 5.38 Å². The third kappa shape index (κ3) is 2.02. The van der Waals surface area contributed by atoms with E-state index in [0.29, 0.717) is 6.54 Å². The van der Waals surface area contributed by atoms with Crippen LogP contribution in [0, 0.1) is 0 Å². The van der Waals surface area contributed by atoms with Crippen molar-refractivity contribution in [3.63, 3.8) is 0 Å². The number of rotatable bonds is 2. The van der Waals surface area contributed by atoms with Crippen LogP contribution in [-0.4, -0.2) is 15.6 Å². The third-order valence-electron chi connectivity index (χ3n) is 0.912. The van der Waals surface area contributed by atoms with Crippen LogP contribution >= 0.6 is 11.5 Å². The molecule has 0 aliphatic rings. The molecule has 1 heterocycles. The quantitative estimate of drug-likeness (QED) is 0.672. The Morgan fingerprint density at radius 1 is 1.90 bits per heavy atom. The Bertz CT molecular complexity index is 209. The van der Waals surface area contributed by atoms with Gasteiger partial charge >= 0.3 is 6.09 Å². The zero-order chi connectivity index (χ0) is 7.40. The number of nitrogens with zero attached hydrogens (tertiary/aromatic N) is 1. The van der Waals surface area contributed by atoms with Crippen molar-refractivity contribution >= 4 is 17.6 Å². The molecule has 5 heteroatoms. The van der Waals surface area contributed by atoms with E-state index >= 15 is 0 Å². The Balaban J connectivity index is 2.35. The summed E-state index contributed by atoms with van der Waals surface area (Å²) in [7, 11) is 0. The average molecular weight is 158 g/mol. The summed E-state index contributed by atoms with van der Waals surface area (Å²) in [4.78, 5) is 9.96. The Morgan fingerprint density at radius 3 is 3.20 bits per heavy atom. The lowest BCUT2D eigenvalue weighted by atomic mass is 10.4. The molecule has 0 fully saturated rings. The minimum Gasteiger partial charge on any atom is -0.465 e. The first-order valence-electron chi connectivity index (χ1n) is 2.65. The summed E-state index contributed by atoms with van der Waals surface area (Å²) in [5.74, 6) is 0. The highest BCUT2D eigenvalue weighted by Gasteiger charge is 1.96. The number of aromatic nitrogens is 1. The van der Waals surface area contributed by atoms with Gasteiger partial charge in [-0.1, -0.05) is 0 Å².